The molecule has 1 saturated heterocycles. The summed E-state index contributed by atoms with van der Waals surface area (Å²) < 4.78 is 27.3. The molecule has 21 heavy (non-hydrogen) atoms. The van der Waals surface area contributed by atoms with E-state index in [0.717, 1.165) is 19.3 Å². The Hall–Kier alpha value is -0.980. The summed E-state index contributed by atoms with van der Waals surface area (Å²) in [5, 5.41) is 0. The van der Waals surface area contributed by atoms with E-state index in [1.54, 1.807) is 28.6 Å². The Morgan fingerprint density at radius 3 is 2.57 bits per heavy atom. The van der Waals surface area contributed by atoms with E-state index in [9.17, 15) is 8.42 Å². The van der Waals surface area contributed by atoms with Crippen molar-refractivity contribution in [3.05, 3.63) is 29.8 Å². The molecule has 0 aliphatic carbocycles. The lowest BCUT2D eigenvalue weighted by Crippen LogP contribution is -2.33. The standard InChI is InChI=1S/C15H22N2O2S2/c1-15(2)8-5-10-17(11-9-15)21(18,19)13-7-4-3-6-12(13)14(16)20/h3-4,6-7H,5,8-11H2,1-2H3,(H2,16,20). The molecule has 2 N–H and O–H groups in total. The summed E-state index contributed by atoms with van der Waals surface area (Å²) in [6, 6.07) is 6.70. The number of benzene rings is 1. The fourth-order valence-corrected chi connectivity index (χ4v) is 4.60. The maximum absolute atomic E-state index is 12.9. The summed E-state index contributed by atoms with van der Waals surface area (Å²) >= 11 is 4.98. The monoisotopic (exact) mass is 326 g/mol. The minimum Gasteiger partial charge on any atom is -0.389 e. The van der Waals surface area contributed by atoms with E-state index in [-0.39, 0.29) is 15.3 Å². The molecule has 0 spiro atoms. The zero-order chi connectivity index (χ0) is 15.7. The van der Waals surface area contributed by atoms with E-state index in [2.05, 4.69) is 13.8 Å². The van der Waals surface area contributed by atoms with Crippen molar-refractivity contribution < 1.29 is 8.42 Å². The van der Waals surface area contributed by atoms with Crippen LogP contribution in [0.2, 0.25) is 0 Å². The van der Waals surface area contributed by atoms with Gasteiger partial charge in [-0.3, -0.25) is 0 Å². The van der Waals surface area contributed by atoms with Gasteiger partial charge in [-0.2, -0.15) is 4.31 Å². The minimum absolute atomic E-state index is 0.115. The molecule has 0 radical (unpaired) electrons. The first-order chi connectivity index (χ1) is 9.74. The number of sulfonamides is 1. The summed E-state index contributed by atoms with van der Waals surface area (Å²) in [5.41, 5.74) is 6.28. The Balaban J connectivity index is 2.37. The van der Waals surface area contributed by atoms with Crippen molar-refractivity contribution in [3.63, 3.8) is 0 Å². The zero-order valence-corrected chi connectivity index (χ0v) is 14.1. The number of hydrogen-bond donors (Lipinski definition) is 1. The molecule has 6 heteroatoms. The Labute approximate surface area is 132 Å². The molecule has 1 aliphatic rings. The Morgan fingerprint density at radius 1 is 1.24 bits per heavy atom. The molecule has 1 aromatic carbocycles. The highest BCUT2D eigenvalue weighted by Crippen LogP contribution is 2.32. The van der Waals surface area contributed by atoms with Gasteiger partial charge in [-0.1, -0.05) is 44.3 Å². The summed E-state index contributed by atoms with van der Waals surface area (Å²) in [5.74, 6) is 0. The van der Waals surface area contributed by atoms with Crippen LogP contribution in [0.15, 0.2) is 29.2 Å². The lowest BCUT2D eigenvalue weighted by atomic mass is 9.85. The van der Waals surface area contributed by atoms with E-state index >= 15 is 0 Å². The van der Waals surface area contributed by atoms with E-state index in [1.807, 2.05) is 0 Å². The van der Waals surface area contributed by atoms with Crippen molar-refractivity contribution in [3.8, 4) is 0 Å². The predicted octanol–water partition coefficient (Wildman–Crippen LogP) is 2.52. The fourth-order valence-electron chi connectivity index (χ4n) is 2.67. The highest BCUT2D eigenvalue weighted by molar-refractivity contribution is 7.89. The molecular weight excluding hydrogens is 304 g/mol. The summed E-state index contributed by atoms with van der Waals surface area (Å²) in [6.07, 6.45) is 2.78. The molecule has 1 fully saturated rings. The Morgan fingerprint density at radius 2 is 1.90 bits per heavy atom. The molecule has 0 atom stereocenters. The number of hydrogen-bond acceptors (Lipinski definition) is 3. The number of thiocarbonyl (C=S) groups is 1. The third-order valence-corrected chi connectivity index (χ3v) is 6.25. The van der Waals surface area contributed by atoms with Gasteiger partial charge in [0.15, 0.2) is 0 Å². The number of rotatable bonds is 3. The van der Waals surface area contributed by atoms with Crippen LogP contribution in [-0.4, -0.2) is 30.8 Å². The quantitative estimate of drug-likeness (QED) is 0.867. The van der Waals surface area contributed by atoms with Gasteiger partial charge >= 0.3 is 0 Å². The summed E-state index contributed by atoms with van der Waals surface area (Å²) in [6.45, 7) is 5.47. The SMILES string of the molecule is CC1(C)CCCN(S(=O)(=O)c2ccccc2C(N)=S)CC1. The van der Waals surface area contributed by atoms with Crippen LogP contribution in [-0.2, 0) is 10.0 Å². The van der Waals surface area contributed by atoms with E-state index < -0.39 is 10.0 Å². The number of nitrogens with zero attached hydrogens (tertiary/aromatic N) is 1. The molecule has 0 saturated carbocycles. The molecule has 0 unspecified atom stereocenters. The smallest absolute Gasteiger partial charge is 0.243 e. The molecule has 4 nitrogen and oxygen atoms in total. The average Bonchev–Trinajstić information content (AvgIpc) is 2.60. The third kappa shape index (κ3) is 3.62. The molecule has 1 aliphatic heterocycles. The molecule has 0 aromatic heterocycles. The van der Waals surface area contributed by atoms with E-state index in [0.29, 0.717) is 18.7 Å². The zero-order valence-electron chi connectivity index (χ0n) is 12.5. The second-order valence-corrected chi connectivity index (χ2v) is 8.63. The van der Waals surface area contributed by atoms with Crippen LogP contribution in [0.4, 0.5) is 0 Å². The summed E-state index contributed by atoms with van der Waals surface area (Å²) in [7, 11) is -3.55. The van der Waals surface area contributed by atoms with Gasteiger partial charge in [0.25, 0.3) is 0 Å². The van der Waals surface area contributed by atoms with Crippen LogP contribution in [0.3, 0.4) is 0 Å². The van der Waals surface area contributed by atoms with Gasteiger partial charge in [0, 0.05) is 18.7 Å². The van der Waals surface area contributed by atoms with Crippen molar-refractivity contribution in [1.82, 2.24) is 4.31 Å². The molecule has 0 amide bonds. The molecule has 2 rings (SSSR count). The fraction of sp³-hybridized carbons (Fsp3) is 0.533. The Bertz CT molecular complexity index is 639. The molecule has 1 aromatic rings. The summed E-state index contributed by atoms with van der Waals surface area (Å²) in [4.78, 5) is 0.335. The van der Waals surface area contributed by atoms with Gasteiger partial charge in [-0.25, -0.2) is 8.42 Å². The van der Waals surface area contributed by atoms with Crippen molar-refractivity contribution in [2.75, 3.05) is 13.1 Å². The Kier molecular flexibility index (Phi) is 4.70. The van der Waals surface area contributed by atoms with Gasteiger partial charge in [0.2, 0.25) is 10.0 Å². The van der Waals surface area contributed by atoms with Crippen LogP contribution >= 0.6 is 12.2 Å². The van der Waals surface area contributed by atoms with Gasteiger partial charge in [0.05, 0.1) is 4.90 Å². The molecule has 116 valence electrons. The van der Waals surface area contributed by atoms with Crippen LogP contribution in [0.1, 0.15) is 38.7 Å². The minimum atomic E-state index is -3.55. The highest BCUT2D eigenvalue weighted by atomic mass is 32.2. The van der Waals surface area contributed by atoms with Crippen molar-refractivity contribution >= 4 is 27.2 Å². The normalized spacial score (nSPS) is 19.9. The van der Waals surface area contributed by atoms with Crippen LogP contribution in [0.5, 0.6) is 0 Å². The topological polar surface area (TPSA) is 63.4 Å². The average molecular weight is 326 g/mol. The molecular formula is C15H22N2O2S2. The van der Waals surface area contributed by atoms with Crippen LogP contribution < -0.4 is 5.73 Å². The highest BCUT2D eigenvalue weighted by Gasteiger charge is 2.31. The largest absolute Gasteiger partial charge is 0.389 e. The van der Waals surface area contributed by atoms with E-state index in [4.69, 9.17) is 18.0 Å². The second-order valence-electron chi connectivity index (χ2n) is 6.28. The van der Waals surface area contributed by atoms with Crippen molar-refractivity contribution in [2.24, 2.45) is 11.1 Å². The first kappa shape index (κ1) is 16.4. The van der Waals surface area contributed by atoms with Crippen molar-refractivity contribution in [1.29, 1.82) is 0 Å². The predicted molar refractivity (Wildman–Crippen MR) is 88.7 cm³/mol. The van der Waals surface area contributed by atoms with Crippen LogP contribution in [0.25, 0.3) is 0 Å². The lowest BCUT2D eigenvalue weighted by Gasteiger charge is -2.23. The second kappa shape index (κ2) is 6.02. The molecule has 0 bridgehead atoms. The van der Waals surface area contributed by atoms with Crippen molar-refractivity contribution in [2.45, 2.75) is 38.0 Å². The first-order valence-corrected chi connectivity index (χ1v) is 8.98. The van der Waals surface area contributed by atoms with Crippen LogP contribution in [0, 0.1) is 5.41 Å². The van der Waals surface area contributed by atoms with Gasteiger partial charge in [0.1, 0.15) is 4.99 Å². The number of nitrogens with two attached hydrogens (primary N) is 1. The maximum atomic E-state index is 12.9. The lowest BCUT2D eigenvalue weighted by molar-refractivity contribution is 0.315. The third-order valence-electron chi connectivity index (χ3n) is 4.07. The molecule has 1 heterocycles. The van der Waals surface area contributed by atoms with E-state index in [1.165, 1.54) is 0 Å². The van der Waals surface area contributed by atoms with Gasteiger partial charge < -0.3 is 5.73 Å². The van der Waals surface area contributed by atoms with Gasteiger partial charge in [-0.05, 0) is 30.7 Å². The van der Waals surface area contributed by atoms with Gasteiger partial charge in [-0.15, -0.1) is 0 Å². The first-order valence-electron chi connectivity index (χ1n) is 7.13. The maximum Gasteiger partial charge on any atom is 0.243 e.